The highest BCUT2D eigenvalue weighted by atomic mass is 35.5. The van der Waals surface area contributed by atoms with Crippen LogP contribution in [0.2, 0.25) is 0 Å². The van der Waals surface area contributed by atoms with Gasteiger partial charge in [-0.2, -0.15) is 5.10 Å². The Morgan fingerprint density at radius 3 is 3.00 bits per heavy atom. The van der Waals surface area contributed by atoms with Crippen LogP contribution in [0.15, 0.2) is 6.07 Å². The number of aromatic nitrogens is 2. The van der Waals surface area contributed by atoms with Gasteiger partial charge < -0.3 is 10.1 Å². The molecule has 3 rings (SSSR count). The third-order valence-corrected chi connectivity index (χ3v) is 3.88. The molecule has 0 saturated carbocycles. The molecule has 1 unspecified atom stereocenters. The van der Waals surface area contributed by atoms with Crippen molar-refractivity contribution in [1.82, 2.24) is 20.0 Å². The lowest BCUT2D eigenvalue weighted by atomic mass is 10.1. The Kier molecular flexibility index (Phi) is 7.26. The van der Waals surface area contributed by atoms with Crippen LogP contribution in [-0.2, 0) is 24.4 Å². The highest BCUT2D eigenvalue weighted by Crippen LogP contribution is 2.19. The van der Waals surface area contributed by atoms with Crippen LogP contribution in [0.3, 0.4) is 0 Å². The first-order valence-electron chi connectivity index (χ1n) is 6.83. The molecule has 0 spiro atoms. The van der Waals surface area contributed by atoms with Gasteiger partial charge in [0.25, 0.3) is 0 Å². The maximum absolute atomic E-state index is 5.24. The van der Waals surface area contributed by atoms with Crippen molar-refractivity contribution in [2.75, 3.05) is 33.4 Å². The molecule has 1 fully saturated rings. The van der Waals surface area contributed by atoms with Crippen LogP contribution in [0.25, 0.3) is 0 Å². The molecule has 1 aromatic heterocycles. The fourth-order valence-electron chi connectivity index (χ4n) is 2.99. The molecule has 2 aliphatic heterocycles. The average molecular weight is 323 g/mol. The van der Waals surface area contributed by atoms with E-state index in [0.717, 1.165) is 39.3 Å². The molecule has 0 radical (unpaired) electrons. The van der Waals surface area contributed by atoms with Crippen LogP contribution >= 0.6 is 24.8 Å². The van der Waals surface area contributed by atoms with Gasteiger partial charge in [0, 0.05) is 33.3 Å². The van der Waals surface area contributed by atoms with Crippen LogP contribution in [0.1, 0.15) is 17.8 Å². The predicted octanol–water partition coefficient (Wildman–Crippen LogP) is 1.30. The molecule has 0 bridgehead atoms. The van der Waals surface area contributed by atoms with Crippen molar-refractivity contribution >= 4 is 24.8 Å². The number of nitrogens with one attached hydrogen (secondary N) is 1. The Morgan fingerprint density at radius 2 is 2.25 bits per heavy atom. The van der Waals surface area contributed by atoms with Crippen molar-refractivity contribution in [2.24, 2.45) is 5.92 Å². The summed E-state index contributed by atoms with van der Waals surface area (Å²) >= 11 is 0. The third-order valence-electron chi connectivity index (χ3n) is 3.88. The Labute approximate surface area is 132 Å². The lowest BCUT2D eigenvalue weighted by Crippen LogP contribution is -2.28. The van der Waals surface area contributed by atoms with Crippen molar-refractivity contribution in [1.29, 1.82) is 0 Å². The third kappa shape index (κ3) is 4.09. The largest absolute Gasteiger partial charge is 0.384 e. The van der Waals surface area contributed by atoms with Gasteiger partial charge in [0.15, 0.2) is 0 Å². The number of nitrogens with zero attached hydrogens (tertiary/aromatic N) is 3. The zero-order valence-electron chi connectivity index (χ0n) is 11.9. The lowest BCUT2D eigenvalue weighted by molar-refractivity contribution is 0.152. The summed E-state index contributed by atoms with van der Waals surface area (Å²) in [5.74, 6) is 0.703. The summed E-state index contributed by atoms with van der Waals surface area (Å²) in [6, 6.07) is 2.25. The molecule has 5 nitrogen and oxygen atoms in total. The molecule has 1 N–H and O–H groups in total. The van der Waals surface area contributed by atoms with E-state index in [-0.39, 0.29) is 24.8 Å². The fraction of sp³-hybridized carbons (Fsp3) is 0.769. The summed E-state index contributed by atoms with van der Waals surface area (Å²) in [4.78, 5) is 2.49. The van der Waals surface area contributed by atoms with E-state index in [1.54, 1.807) is 7.11 Å². The van der Waals surface area contributed by atoms with Gasteiger partial charge >= 0.3 is 0 Å². The van der Waals surface area contributed by atoms with Crippen LogP contribution in [-0.4, -0.2) is 48.0 Å². The average Bonchev–Trinajstić information content (AvgIpc) is 2.96. The summed E-state index contributed by atoms with van der Waals surface area (Å²) < 4.78 is 7.38. The maximum atomic E-state index is 5.24. The molecular formula is C13H24Cl2N4O. The minimum atomic E-state index is 0. The van der Waals surface area contributed by atoms with Crippen LogP contribution < -0.4 is 5.32 Å². The lowest BCUT2D eigenvalue weighted by Gasteiger charge is -2.14. The molecule has 1 atom stereocenters. The number of ether oxygens (including phenoxy) is 1. The SMILES string of the molecule is COCC1CCN(Cc2cc3n(n2)CCNC3)C1.Cl.Cl. The molecule has 0 aromatic carbocycles. The smallest absolute Gasteiger partial charge is 0.0768 e. The Morgan fingerprint density at radius 1 is 1.40 bits per heavy atom. The molecule has 20 heavy (non-hydrogen) atoms. The summed E-state index contributed by atoms with van der Waals surface area (Å²) in [7, 11) is 1.79. The van der Waals surface area contributed by atoms with Crippen molar-refractivity contribution in [2.45, 2.75) is 26.1 Å². The van der Waals surface area contributed by atoms with Gasteiger partial charge in [-0.05, 0) is 24.9 Å². The number of hydrogen-bond donors (Lipinski definition) is 1. The van der Waals surface area contributed by atoms with Gasteiger partial charge in [-0.1, -0.05) is 0 Å². The zero-order valence-corrected chi connectivity index (χ0v) is 13.5. The van der Waals surface area contributed by atoms with E-state index in [4.69, 9.17) is 4.74 Å². The molecule has 3 heterocycles. The topological polar surface area (TPSA) is 42.3 Å². The van der Waals surface area contributed by atoms with E-state index in [2.05, 4.69) is 26.1 Å². The van der Waals surface area contributed by atoms with E-state index in [0.29, 0.717) is 5.92 Å². The second kappa shape index (κ2) is 8.20. The molecule has 7 heteroatoms. The van der Waals surface area contributed by atoms with Crippen LogP contribution in [0.4, 0.5) is 0 Å². The first kappa shape index (κ1) is 17.7. The standard InChI is InChI=1S/C13H22N4O.2ClH/c1-18-10-11-2-4-16(8-11)9-12-6-13-7-14-3-5-17(13)15-12;;/h6,11,14H,2-5,7-10H2,1H3;2*1H. The van der Waals surface area contributed by atoms with Gasteiger partial charge in [-0.25, -0.2) is 0 Å². The first-order valence-corrected chi connectivity index (χ1v) is 6.83. The monoisotopic (exact) mass is 322 g/mol. The van der Waals surface area contributed by atoms with Crippen molar-refractivity contribution < 1.29 is 4.74 Å². The van der Waals surface area contributed by atoms with E-state index in [1.165, 1.54) is 24.4 Å². The quantitative estimate of drug-likeness (QED) is 0.907. The van der Waals surface area contributed by atoms with Crippen molar-refractivity contribution in [3.63, 3.8) is 0 Å². The molecule has 2 aliphatic rings. The van der Waals surface area contributed by atoms with E-state index in [1.807, 2.05) is 0 Å². The van der Waals surface area contributed by atoms with Crippen LogP contribution in [0, 0.1) is 5.92 Å². The summed E-state index contributed by atoms with van der Waals surface area (Å²) in [5.41, 5.74) is 2.54. The normalized spacial score (nSPS) is 21.9. The number of fused-ring (bicyclic) bond motifs is 1. The summed E-state index contributed by atoms with van der Waals surface area (Å²) in [6.45, 7) is 7.19. The van der Waals surface area contributed by atoms with E-state index in [9.17, 15) is 0 Å². The second-order valence-corrected chi connectivity index (χ2v) is 5.37. The molecule has 0 aliphatic carbocycles. The number of likely N-dealkylation sites (tertiary alicyclic amines) is 1. The minimum absolute atomic E-state index is 0. The van der Waals surface area contributed by atoms with Crippen molar-refractivity contribution in [3.8, 4) is 0 Å². The predicted molar refractivity (Wildman–Crippen MR) is 83.7 cm³/mol. The highest BCUT2D eigenvalue weighted by molar-refractivity contribution is 5.85. The fourth-order valence-corrected chi connectivity index (χ4v) is 2.99. The first-order chi connectivity index (χ1) is 8.85. The zero-order chi connectivity index (χ0) is 12.4. The number of rotatable bonds is 4. The minimum Gasteiger partial charge on any atom is -0.384 e. The van der Waals surface area contributed by atoms with Gasteiger partial charge in [-0.3, -0.25) is 9.58 Å². The van der Waals surface area contributed by atoms with Gasteiger partial charge in [-0.15, -0.1) is 24.8 Å². The summed E-state index contributed by atoms with van der Waals surface area (Å²) in [6.07, 6.45) is 1.25. The van der Waals surface area contributed by atoms with Gasteiger partial charge in [0.1, 0.15) is 0 Å². The van der Waals surface area contributed by atoms with E-state index >= 15 is 0 Å². The molecule has 1 saturated heterocycles. The number of halogens is 2. The summed E-state index contributed by atoms with van der Waals surface area (Å²) in [5, 5.41) is 8.07. The molecule has 0 amide bonds. The maximum Gasteiger partial charge on any atom is 0.0768 e. The molecule has 1 aromatic rings. The Bertz CT molecular complexity index is 390. The Balaban J connectivity index is 0.000001000. The number of methoxy groups -OCH3 is 1. The molecule has 116 valence electrons. The Hall–Kier alpha value is -0.330. The van der Waals surface area contributed by atoms with Gasteiger partial charge in [0.05, 0.1) is 24.5 Å². The number of hydrogen-bond acceptors (Lipinski definition) is 4. The molecular weight excluding hydrogens is 299 g/mol. The van der Waals surface area contributed by atoms with Crippen molar-refractivity contribution in [3.05, 3.63) is 17.5 Å². The van der Waals surface area contributed by atoms with Gasteiger partial charge in [0.2, 0.25) is 0 Å². The highest BCUT2D eigenvalue weighted by Gasteiger charge is 2.23. The second-order valence-electron chi connectivity index (χ2n) is 5.37. The van der Waals surface area contributed by atoms with E-state index < -0.39 is 0 Å². The van der Waals surface area contributed by atoms with Crippen LogP contribution in [0.5, 0.6) is 0 Å².